The molecule has 0 unspecified atom stereocenters. The van der Waals surface area contributed by atoms with E-state index in [0.29, 0.717) is 22.8 Å². The van der Waals surface area contributed by atoms with E-state index in [0.717, 1.165) is 23.9 Å². The van der Waals surface area contributed by atoms with Crippen molar-refractivity contribution >= 4 is 22.5 Å². The number of anilines is 1. The van der Waals surface area contributed by atoms with Gasteiger partial charge in [0.05, 0.1) is 11.1 Å². The maximum absolute atomic E-state index is 12.5. The van der Waals surface area contributed by atoms with Gasteiger partial charge in [0.15, 0.2) is 5.82 Å². The van der Waals surface area contributed by atoms with Crippen LogP contribution < -0.4 is 10.9 Å². The van der Waals surface area contributed by atoms with Crippen LogP contribution in [0.3, 0.4) is 0 Å². The second-order valence-corrected chi connectivity index (χ2v) is 6.12. The normalized spacial score (nSPS) is 14.0. The number of aromatic nitrogens is 4. The Morgan fingerprint density at radius 1 is 1.33 bits per heavy atom. The minimum atomic E-state index is -0.326. The summed E-state index contributed by atoms with van der Waals surface area (Å²) < 4.78 is 1.20. The molecule has 0 radical (unpaired) electrons. The summed E-state index contributed by atoms with van der Waals surface area (Å²) >= 11 is 0. The van der Waals surface area contributed by atoms with E-state index in [1.807, 2.05) is 25.1 Å². The predicted molar refractivity (Wildman–Crippen MR) is 89.9 cm³/mol. The van der Waals surface area contributed by atoms with Crippen LogP contribution in [0.5, 0.6) is 0 Å². The van der Waals surface area contributed by atoms with Gasteiger partial charge in [-0.15, -0.1) is 0 Å². The van der Waals surface area contributed by atoms with Crippen LogP contribution in [0, 0.1) is 6.92 Å². The zero-order valence-corrected chi connectivity index (χ0v) is 13.2. The number of rotatable bonds is 4. The van der Waals surface area contributed by atoms with Crippen molar-refractivity contribution < 1.29 is 4.79 Å². The molecule has 2 heterocycles. The smallest absolute Gasteiger partial charge is 0.275 e. The number of carbonyl (C=O) groups excluding carboxylic acids is 1. The highest BCUT2D eigenvalue weighted by Gasteiger charge is 2.25. The van der Waals surface area contributed by atoms with Crippen molar-refractivity contribution in [2.24, 2.45) is 0 Å². The lowest BCUT2D eigenvalue weighted by molar-refractivity contribution is -0.117. The van der Waals surface area contributed by atoms with Gasteiger partial charge in [-0.1, -0.05) is 18.2 Å². The average molecular weight is 323 g/mol. The van der Waals surface area contributed by atoms with Crippen molar-refractivity contribution in [1.29, 1.82) is 0 Å². The molecule has 7 heteroatoms. The Morgan fingerprint density at radius 3 is 2.83 bits per heavy atom. The molecule has 1 fully saturated rings. The molecule has 0 aliphatic heterocycles. The fraction of sp³-hybridized carbons (Fsp3) is 0.294. The summed E-state index contributed by atoms with van der Waals surface area (Å²) in [6.07, 6.45) is 2.32. The topological polar surface area (TPSA) is 92.7 Å². The van der Waals surface area contributed by atoms with Crippen molar-refractivity contribution in [3.8, 4) is 0 Å². The molecular weight excluding hydrogens is 306 g/mol. The monoisotopic (exact) mass is 323 g/mol. The lowest BCUT2D eigenvalue weighted by atomic mass is 10.1. The Balaban J connectivity index is 1.55. The summed E-state index contributed by atoms with van der Waals surface area (Å²) in [6, 6.07) is 9.11. The van der Waals surface area contributed by atoms with Crippen LogP contribution in [-0.4, -0.2) is 25.9 Å². The summed E-state index contributed by atoms with van der Waals surface area (Å²) in [5.41, 5.74) is 1.49. The first-order chi connectivity index (χ1) is 11.6. The molecule has 3 aromatic rings. The molecule has 7 nitrogen and oxygen atoms in total. The summed E-state index contributed by atoms with van der Waals surface area (Å²) in [7, 11) is 0. The van der Waals surface area contributed by atoms with E-state index < -0.39 is 0 Å². The van der Waals surface area contributed by atoms with Crippen LogP contribution in [0.15, 0.2) is 35.1 Å². The highest BCUT2D eigenvalue weighted by molar-refractivity contribution is 5.90. The molecule has 2 aromatic heterocycles. The molecule has 1 aromatic carbocycles. The number of aryl methyl sites for hydroxylation is 1. The minimum Gasteiger partial charge on any atom is -0.308 e. The molecule has 1 amide bonds. The molecular formula is C17H17N5O2. The van der Waals surface area contributed by atoms with Crippen LogP contribution in [0.25, 0.3) is 10.8 Å². The van der Waals surface area contributed by atoms with Crippen molar-refractivity contribution in [1.82, 2.24) is 20.0 Å². The van der Waals surface area contributed by atoms with E-state index in [2.05, 4.69) is 20.6 Å². The summed E-state index contributed by atoms with van der Waals surface area (Å²) in [5.74, 6) is 0.691. The van der Waals surface area contributed by atoms with Crippen LogP contribution in [0.1, 0.15) is 30.1 Å². The van der Waals surface area contributed by atoms with Crippen molar-refractivity contribution in [2.75, 3.05) is 5.32 Å². The SMILES string of the molecule is Cc1nn(CC(=O)Nc2cc(C3CC3)[nH]n2)c(=O)c2ccccc12. The van der Waals surface area contributed by atoms with Gasteiger partial charge in [0.1, 0.15) is 6.54 Å². The zero-order chi connectivity index (χ0) is 16.7. The fourth-order valence-electron chi connectivity index (χ4n) is 2.83. The number of carbonyl (C=O) groups is 1. The van der Waals surface area contributed by atoms with Gasteiger partial charge in [-0.05, 0) is 25.8 Å². The van der Waals surface area contributed by atoms with Crippen LogP contribution >= 0.6 is 0 Å². The third-order valence-corrected chi connectivity index (χ3v) is 4.23. The number of amides is 1. The van der Waals surface area contributed by atoms with Crippen LogP contribution in [-0.2, 0) is 11.3 Å². The second kappa shape index (κ2) is 5.59. The number of aromatic amines is 1. The lowest BCUT2D eigenvalue weighted by Gasteiger charge is -2.08. The second-order valence-electron chi connectivity index (χ2n) is 6.12. The van der Waals surface area contributed by atoms with Gasteiger partial charge in [-0.25, -0.2) is 4.68 Å². The molecule has 1 aliphatic carbocycles. The number of nitrogens with one attached hydrogen (secondary N) is 2. The minimum absolute atomic E-state index is 0.143. The van der Waals surface area contributed by atoms with Crippen molar-refractivity contribution in [3.05, 3.63) is 52.1 Å². The van der Waals surface area contributed by atoms with Gasteiger partial charge in [0.25, 0.3) is 5.56 Å². The zero-order valence-electron chi connectivity index (χ0n) is 13.2. The molecule has 0 atom stereocenters. The first-order valence-electron chi connectivity index (χ1n) is 7.93. The molecule has 0 bridgehead atoms. The van der Waals surface area contributed by atoms with Gasteiger partial charge >= 0.3 is 0 Å². The van der Waals surface area contributed by atoms with Gasteiger partial charge in [0, 0.05) is 23.1 Å². The van der Waals surface area contributed by atoms with Gasteiger partial charge in [-0.2, -0.15) is 10.2 Å². The molecule has 0 spiro atoms. The molecule has 122 valence electrons. The van der Waals surface area contributed by atoms with Gasteiger partial charge in [-0.3, -0.25) is 14.7 Å². The van der Waals surface area contributed by atoms with Crippen LogP contribution in [0.2, 0.25) is 0 Å². The molecule has 1 saturated carbocycles. The van der Waals surface area contributed by atoms with E-state index in [4.69, 9.17) is 0 Å². The molecule has 0 saturated heterocycles. The molecule has 4 rings (SSSR count). The molecule has 24 heavy (non-hydrogen) atoms. The predicted octanol–water partition coefficient (Wildman–Crippen LogP) is 1.94. The highest BCUT2D eigenvalue weighted by atomic mass is 16.2. The number of hydrogen-bond donors (Lipinski definition) is 2. The van der Waals surface area contributed by atoms with E-state index in [-0.39, 0.29) is 18.0 Å². The first-order valence-corrected chi connectivity index (χ1v) is 7.93. The lowest BCUT2D eigenvalue weighted by Crippen LogP contribution is -2.30. The average Bonchev–Trinajstić information content (AvgIpc) is 3.32. The molecule has 1 aliphatic rings. The number of benzene rings is 1. The van der Waals surface area contributed by atoms with Crippen molar-refractivity contribution in [3.63, 3.8) is 0 Å². The standard InChI is InChI=1S/C17H17N5O2/c1-10-12-4-2-3-5-13(12)17(24)22(21-10)9-16(23)18-15-8-14(19-20-15)11-6-7-11/h2-5,8,11H,6-7,9H2,1H3,(H2,18,19,20,23). The van der Waals surface area contributed by atoms with E-state index in [1.165, 1.54) is 4.68 Å². The van der Waals surface area contributed by atoms with E-state index in [9.17, 15) is 9.59 Å². The highest BCUT2D eigenvalue weighted by Crippen LogP contribution is 2.39. The number of fused-ring (bicyclic) bond motifs is 1. The molecule has 2 N–H and O–H groups in total. The Hall–Kier alpha value is -2.96. The Labute approximate surface area is 137 Å². The maximum atomic E-state index is 12.5. The summed E-state index contributed by atoms with van der Waals surface area (Å²) in [5, 5.41) is 15.3. The van der Waals surface area contributed by atoms with Gasteiger partial charge < -0.3 is 5.32 Å². The first kappa shape index (κ1) is 14.6. The quantitative estimate of drug-likeness (QED) is 0.767. The third-order valence-electron chi connectivity index (χ3n) is 4.23. The Morgan fingerprint density at radius 2 is 2.08 bits per heavy atom. The summed E-state index contributed by atoms with van der Waals surface area (Å²) in [4.78, 5) is 24.7. The van der Waals surface area contributed by atoms with Crippen LogP contribution in [0.4, 0.5) is 5.82 Å². The number of H-pyrrole nitrogens is 1. The number of nitrogens with zero attached hydrogens (tertiary/aromatic N) is 3. The summed E-state index contributed by atoms with van der Waals surface area (Å²) in [6.45, 7) is 1.68. The number of hydrogen-bond acceptors (Lipinski definition) is 4. The van der Waals surface area contributed by atoms with Crippen molar-refractivity contribution in [2.45, 2.75) is 32.2 Å². The fourth-order valence-corrected chi connectivity index (χ4v) is 2.83. The largest absolute Gasteiger partial charge is 0.308 e. The van der Waals surface area contributed by atoms with Gasteiger partial charge in [0.2, 0.25) is 5.91 Å². The van der Waals surface area contributed by atoms with E-state index >= 15 is 0 Å². The Kier molecular flexibility index (Phi) is 3.41. The van der Waals surface area contributed by atoms with E-state index in [1.54, 1.807) is 12.1 Å². The Bertz CT molecular complexity index is 984. The third kappa shape index (κ3) is 2.68. The maximum Gasteiger partial charge on any atom is 0.275 e.